The van der Waals surface area contributed by atoms with Crippen LogP contribution in [0.25, 0.3) is 11.4 Å². The molecule has 4 aromatic rings. The molecule has 0 fully saturated rings. The van der Waals surface area contributed by atoms with Crippen molar-refractivity contribution >= 4 is 10.0 Å². The molecule has 8 nitrogen and oxygen atoms in total. The van der Waals surface area contributed by atoms with Crippen molar-refractivity contribution < 1.29 is 21.9 Å². The molecule has 0 saturated carbocycles. The average molecular weight is 528 g/mol. The van der Waals surface area contributed by atoms with E-state index in [0.29, 0.717) is 31.7 Å². The fraction of sp³-hybridized carbons (Fsp3) is 0.269. The second-order valence-electron chi connectivity index (χ2n) is 8.54. The number of aromatic nitrogens is 4. The van der Waals surface area contributed by atoms with E-state index in [-0.39, 0.29) is 16.3 Å². The van der Waals surface area contributed by atoms with Gasteiger partial charge in [0, 0.05) is 18.1 Å². The number of alkyl halides is 2. The van der Waals surface area contributed by atoms with Crippen molar-refractivity contribution in [1.82, 2.24) is 24.9 Å². The van der Waals surface area contributed by atoms with Crippen LogP contribution < -0.4 is 4.72 Å². The van der Waals surface area contributed by atoms with Gasteiger partial charge in [0.1, 0.15) is 0 Å². The first-order valence-electron chi connectivity index (χ1n) is 11.6. The molecule has 0 aliphatic rings. The summed E-state index contributed by atoms with van der Waals surface area (Å²) in [5.74, 6) is -2.68. The zero-order chi connectivity index (χ0) is 26.5. The molecule has 3 aromatic carbocycles. The predicted octanol–water partition coefficient (Wildman–Crippen LogP) is 4.17. The Balaban J connectivity index is 1.55. The van der Waals surface area contributed by atoms with E-state index in [9.17, 15) is 17.2 Å². The summed E-state index contributed by atoms with van der Waals surface area (Å²) in [6, 6.07) is 20.4. The molecule has 11 heteroatoms. The Hall–Kier alpha value is -3.54. The number of hydrogen-bond acceptors (Lipinski definition) is 6. The molecule has 0 radical (unpaired) electrons. The number of hydrogen-bond donors (Lipinski definition) is 1. The van der Waals surface area contributed by atoms with E-state index in [2.05, 4.69) is 20.1 Å². The van der Waals surface area contributed by atoms with Gasteiger partial charge in [-0.15, -0.1) is 10.2 Å². The van der Waals surface area contributed by atoms with Gasteiger partial charge in [-0.2, -0.15) is 4.80 Å². The van der Waals surface area contributed by atoms with Crippen LogP contribution in [0.15, 0.2) is 77.7 Å². The summed E-state index contributed by atoms with van der Waals surface area (Å²) in [6.07, 6.45) is 0.361. The molecule has 0 atom stereocenters. The highest BCUT2D eigenvalue weighted by Crippen LogP contribution is 2.29. The number of halogens is 2. The third-order valence-electron chi connectivity index (χ3n) is 5.76. The molecule has 0 saturated heterocycles. The SMILES string of the molecule is CNS(=O)(=O)c1ccc(Cc2ccc(C(C)(F)F)cc2)c(-c2nnn(CCOCc3ccccc3)n2)c1. The van der Waals surface area contributed by atoms with Crippen molar-refractivity contribution in [3.63, 3.8) is 0 Å². The quantitative estimate of drug-likeness (QED) is 0.294. The number of sulfonamides is 1. The maximum Gasteiger partial charge on any atom is 0.270 e. The molecule has 1 heterocycles. The minimum atomic E-state index is -3.71. The monoisotopic (exact) mass is 527 g/mol. The summed E-state index contributed by atoms with van der Waals surface area (Å²) in [6.45, 7) is 2.03. The van der Waals surface area contributed by atoms with Crippen LogP contribution in [0.4, 0.5) is 8.78 Å². The highest BCUT2D eigenvalue weighted by molar-refractivity contribution is 7.89. The van der Waals surface area contributed by atoms with E-state index < -0.39 is 15.9 Å². The van der Waals surface area contributed by atoms with Gasteiger partial charge in [0.05, 0.1) is 24.7 Å². The Labute approximate surface area is 214 Å². The molecule has 1 aromatic heterocycles. The van der Waals surface area contributed by atoms with Crippen LogP contribution in [0.1, 0.15) is 29.2 Å². The molecular formula is C26H27F2N5O3S. The summed E-state index contributed by atoms with van der Waals surface area (Å²) >= 11 is 0. The Morgan fingerprint density at radius 1 is 1.00 bits per heavy atom. The zero-order valence-corrected chi connectivity index (χ0v) is 21.3. The van der Waals surface area contributed by atoms with Gasteiger partial charge >= 0.3 is 0 Å². The van der Waals surface area contributed by atoms with Crippen molar-refractivity contribution in [1.29, 1.82) is 0 Å². The van der Waals surface area contributed by atoms with E-state index in [4.69, 9.17) is 4.74 Å². The minimum absolute atomic E-state index is 0.0530. The number of tetrazole rings is 1. The minimum Gasteiger partial charge on any atom is -0.375 e. The molecule has 0 amide bonds. The van der Waals surface area contributed by atoms with Crippen molar-refractivity contribution in [2.24, 2.45) is 0 Å². The smallest absolute Gasteiger partial charge is 0.270 e. The molecule has 0 aliphatic heterocycles. The Morgan fingerprint density at radius 3 is 2.41 bits per heavy atom. The molecule has 194 valence electrons. The van der Waals surface area contributed by atoms with Crippen LogP contribution >= 0.6 is 0 Å². The van der Waals surface area contributed by atoms with Crippen molar-refractivity contribution in [3.8, 4) is 11.4 Å². The summed E-state index contributed by atoms with van der Waals surface area (Å²) in [5.41, 5.74) is 2.97. The Morgan fingerprint density at radius 2 is 1.73 bits per heavy atom. The Bertz CT molecular complexity index is 1440. The normalized spacial score (nSPS) is 12.1. The van der Waals surface area contributed by atoms with Crippen molar-refractivity contribution in [2.45, 2.75) is 37.3 Å². The molecule has 1 N–H and O–H groups in total. The van der Waals surface area contributed by atoms with Gasteiger partial charge in [-0.3, -0.25) is 0 Å². The zero-order valence-electron chi connectivity index (χ0n) is 20.4. The lowest BCUT2D eigenvalue weighted by atomic mass is 9.98. The van der Waals surface area contributed by atoms with Crippen LogP contribution in [-0.4, -0.2) is 42.3 Å². The maximum absolute atomic E-state index is 13.6. The van der Waals surface area contributed by atoms with E-state index in [0.717, 1.165) is 23.6 Å². The van der Waals surface area contributed by atoms with Crippen LogP contribution in [0.2, 0.25) is 0 Å². The van der Waals surface area contributed by atoms with Crippen molar-refractivity contribution in [3.05, 3.63) is 95.1 Å². The van der Waals surface area contributed by atoms with Gasteiger partial charge in [0.25, 0.3) is 5.92 Å². The fourth-order valence-electron chi connectivity index (χ4n) is 3.69. The molecule has 0 bridgehead atoms. The molecule has 0 unspecified atom stereocenters. The van der Waals surface area contributed by atoms with Crippen LogP contribution in [-0.2, 0) is 40.3 Å². The third kappa shape index (κ3) is 6.82. The fourth-order valence-corrected chi connectivity index (χ4v) is 4.45. The molecule has 0 aliphatic carbocycles. The highest BCUT2D eigenvalue weighted by atomic mass is 32.2. The summed E-state index contributed by atoms with van der Waals surface area (Å²) in [7, 11) is -2.38. The standard InChI is InChI=1S/C26H27F2N5O3S/c1-26(27,28)22-11-8-19(9-12-22)16-21-10-13-23(37(34,35)29-2)17-24(21)25-30-32-33(31-25)14-15-36-18-20-6-4-3-5-7-20/h3-13,17,29H,14-16,18H2,1-2H3. The first-order valence-corrected chi connectivity index (χ1v) is 13.1. The van der Waals surface area contributed by atoms with Gasteiger partial charge in [0.15, 0.2) is 0 Å². The third-order valence-corrected chi connectivity index (χ3v) is 7.17. The lowest BCUT2D eigenvalue weighted by Gasteiger charge is -2.13. The topological polar surface area (TPSA) is 99.0 Å². The first kappa shape index (κ1) is 26.5. The first-order chi connectivity index (χ1) is 17.7. The highest BCUT2D eigenvalue weighted by Gasteiger charge is 2.24. The van der Waals surface area contributed by atoms with Gasteiger partial charge in [-0.25, -0.2) is 21.9 Å². The predicted molar refractivity (Wildman–Crippen MR) is 134 cm³/mol. The van der Waals surface area contributed by atoms with E-state index in [1.807, 2.05) is 30.3 Å². The van der Waals surface area contributed by atoms with Gasteiger partial charge in [-0.05, 0) is 47.5 Å². The number of rotatable bonds is 11. The number of ether oxygens (including phenoxy) is 1. The largest absolute Gasteiger partial charge is 0.375 e. The molecular weight excluding hydrogens is 500 g/mol. The Kier molecular flexibility index (Phi) is 8.06. The van der Waals surface area contributed by atoms with Gasteiger partial charge in [-0.1, -0.05) is 60.7 Å². The summed E-state index contributed by atoms with van der Waals surface area (Å²) < 4.78 is 60.0. The molecule has 4 rings (SSSR count). The van der Waals surface area contributed by atoms with Gasteiger partial charge in [0.2, 0.25) is 15.8 Å². The lowest BCUT2D eigenvalue weighted by molar-refractivity contribution is 0.0174. The number of nitrogens with one attached hydrogen (secondary N) is 1. The van der Waals surface area contributed by atoms with E-state index >= 15 is 0 Å². The second-order valence-corrected chi connectivity index (χ2v) is 10.4. The molecule has 0 spiro atoms. The van der Waals surface area contributed by atoms with Crippen LogP contribution in [0, 0.1) is 0 Å². The van der Waals surface area contributed by atoms with E-state index in [1.54, 1.807) is 18.2 Å². The lowest BCUT2D eigenvalue weighted by Crippen LogP contribution is -2.18. The summed E-state index contributed by atoms with van der Waals surface area (Å²) in [5, 5.41) is 12.6. The van der Waals surface area contributed by atoms with Crippen molar-refractivity contribution in [2.75, 3.05) is 13.7 Å². The number of nitrogens with zero attached hydrogens (tertiary/aromatic N) is 4. The second kappa shape index (κ2) is 11.2. The maximum atomic E-state index is 13.6. The average Bonchev–Trinajstić information content (AvgIpc) is 3.36. The van der Waals surface area contributed by atoms with Crippen LogP contribution in [0.3, 0.4) is 0 Å². The van der Waals surface area contributed by atoms with Crippen LogP contribution in [0.5, 0.6) is 0 Å². The van der Waals surface area contributed by atoms with Gasteiger partial charge < -0.3 is 4.74 Å². The summed E-state index contributed by atoms with van der Waals surface area (Å²) in [4.78, 5) is 1.44. The van der Waals surface area contributed by atoms with E-state index in [1.165, 1.54) is 36.1 Å². The molecule has 37 heavy (non-hydrogen) atoms. The number of benzene rings is 3.